The Morgan fingerprint density at radius 3 is 1.64 bits per heavy atom. The highest BCUT2D eigenvalue weighted by Gasteiger charge is 2.28. The van der Waals surface area contributed by atoms with Crippen LogP contribution in [0.25, 0.3) is 82.8 Å². The van der Waals surface area contributed by atoms with Crippen molar-refractivity contribution in [2.75, 3.05) is 9.80 Å². The van der Waals surface area contributed by atoms with E-state index in [9.17, 15) is 5.11 Å². The molecule has 0 spiro atoms. The lowest BCUT2D eigenvalue weighted by atomic mass is 9.86. The Labute approximate surface area is 437 Å². The summed E-state index contributed by atoms with van der Waals surface area (Å²) in [6.07, 6.45) is 0. The van der Waals surface area contributed by atoms with Crippen molar-refractivity contribution in [3.8, 4) is 44.8 Å². The Morgan fingerprint density at radius 2 is 0.947 bits per heavy atom. The van der Waals surface area contributed by atoms with E-state index >= 15 is 0 Å². The Kier molecular flexibility index (Phi) is 11.2. The molecule has 0 atom stereocenters. The minimum atomic E-state index is -0.295. The van der Waals surface area contributed by atoms with Gasteiger partial charge in [0, 0.05) is 67.2 Å². The van der Waals surface area contributed by atoms with Gasteiger partial charge in [-0.25, -0.2) is 0 Å². The topological polar surface area (TPSA) is 44.8 Å². The summed E-state index contributed by atoms with van der Waals surface area (Å²) in [6.45, 7) is 6.83. The number of furan rings is 1. The number of hydrogen-bond acceptors (Lipinski definition) is 4. The average Bonchev–Trinajstić information content (AvgIpc) is 4.01. The van der Waals surface area contributed by atoms with Crippen molar-refractivity contribution >= 4 is 77.9 Å². The van der Waals surface area contributed by atoms with E-state index in [0.29, 0.717) is 0 Å². The second-order valence-corrected chi connectivity index (χ2v) is 20.3. The molecule has 360 valence electrons. The molecule has 0 saturated heterocycles. The van der Waals surface area contributed by atoms with E-state index in [1.165, 1.54) is 21.9 Å². The summed E-state index contributed by atoms with van der Waals surface area (Å²) in [5.41, 5.74) is 18.0. The van der Waals surface area contributed by atoms with Gasteiger partial charge in [-0.1, -0.05) is 197 Å². The molecule has 75 heavy (non-hydrogen) atoms. The van der Waals surface area contributed by atoms with Gasteiger partial charge in [0.15, 0.2) is 5.58 Å². The van der Waals surface area contributed by atoms with Gasteiger partial charge in [-0.15, -0.1) is 0 Å². The first kappa shape index (κ1) is 45.3. The second kappa shape index (κ2) is 18.5. The highest BCUT2D eigenvalue weighted by Crippen LogP contribution is 2.51. The molecule has 0 amide bonds. The zero-order valence-electron chi connectivity index (χ0n) is 42.0. The second-order valence-electron chi connectivity index (χ2n) is 20.3. The monoisotopic (exact) mass is 967 g/mol. The number of hydrogen-bond donors (Lipinski definition) is 1. The molecule has 1 N–H and O–H groups in total. The van der Waals surface area contributed by atoms with Crippen LogP contribution in [-0.4, -0.2) is 9.67 Å². The first-order valence-electron chi connectivity index (χ1n) is 25.6. The minimum absolute atomic E-state index is 0.180. The summed E-state index contributed by atoms with van der Waals surface area (Å²) in [4.78, 5) is 4.71. The third kappa shape index (κ3) is 8.16. The lowest BCUT2D eigenvalue weighted by Crippen LogP contribution is -2.18. The summed E-state index contributed by atoms with van der Waals surface area (Å²) in [6, 6.07) is 92.2. The number of aromatic nitrogens is 1. The van der Waals surface area contributed by atoms with Crippen LogP contribution in [0.1, 0.15) is 26.3 Å². The van der Waals surface area contributed by atoms with Crippen LogP contribution in [0.5, 0.6) is 5.75 Å². The van der Waals surface area contributed by atoms with Crippen LogP contribution in [0.15, 0.2) is 265 Å². The highest BCUT2D eigenvalue weighted by atomic mass is 16.3. The minimum Gasteiger partial charge on any atom is -0.508 e. The molecule has 5 nitrogen and oxygen atoms in total. The summed E-state index contributed by atoms with van der Waals surface area (Å²) >= 11 is 0. The molecule has 0 saturated carbocycles. The van der Waals surface area contributed by atoms with Gasteiger partial charge in [0.05, 0.1) is 22.4 Å². The highest BCUT2D eigenvalue weighted by molar-refractivity contribution is 6.12. The third-order valence-corrected chi connectivity index (χ3v) is 14.6. The van der Waals surface area contributed by atoms with Crippen LogP contribution in [0.2, 0.25) is 0 Å². The zero-order valence-corrected chi connectivity index (χ0v) is 42.0. The van der Waals surface area contributed by atoms with Crippen LogP contribution in [0, 0.1) is 0 Å². The molecule has 0 aliphatic heterocycles. The third-order valence-electron chi connectivity index (χ3n) is 14.6. The van der Waals surface area contributed by atoms with Gasteiger partial charge in [-0.2, -0.15) is 0 Å². The van der Waals surface area contributed by atoms with E-state index < -0.39 is 0 Å². The standard InChI is InChI=1S/C70H53N3O2/c1-70(2,3)51-42-55(45-56(43-51)72(54-29-18-30-57(74)46-54)68-58(48-23-9-5-10-24-48)33-19-34-59(68)49-25-11-6-12-26-49)71(66-37-20-35-62-61-32-14-16-38-67(61)75-69(62)66)52-27-17-28-53(44-52)73-64-36-15-13-31-60(64)63-41-50(39-40-65(63)73)47-21-7-4-8-22-47/h4-46,74H,1-3H3. The molecule has 0 aliphatic carbocycles. The van der Waals surface area contributed by atoms with E-state index in [0.717, 1.165) is 101 Å². The van der Waals surface area contributed by atoms with Crippen molar-refractivity contribution in [1.29, 1.82) is 0 Å². The van der Waals surface area contributed by atoms with E-state index in [2.05, 4.69) is 272 Å². The lowest BCUT2D eigenvalue weighted by molar-refractivity contribution is 0.475. The van der Waals surface area contributed by atoms with Crippen LogP contribution in [-0.2, 0) is 5.41 Å². The predicted molar refractivity (Wildman–Crippen MR) is 314 cm³/mol. The van der Waals surface area contributed by atoms with Gasteiger partial charge in [0.25, 0.3) is 0 Å². The summed E-state index contributed by atoms with van der Waals surface area (Å²) in [7, 11) is 0. The molecule has 2 aromatic heterocycles. The van der Waals surface area contributed by atoms with Gasteiger partial charge >= 0.3 is 0 Å². The van der Waals surface area contributed by atoms with Crippen molar-refractivity contribution in [3.63, 3.8) is 0 Å². The van der Waals surface area contributed by atoms with Gasteiger partial charge in [-0.3, -0.25) is 0 Å². The summed E-state index contributed by atoms with van der Waals surface area (Å²) in [5.74, 6) is 0.180. The molecule has 0 aliphatic rings. The number of nitrogens with zero attached hydrogens (tertiary/aromatic N) is 3. The Morgan fingerprint density at radius 1 is 0.387 bits per heavy atom. The molecular weight excluding hydrogens is 915 g/mol. The van der Waals surface area contributed by atoms with E-state index in [-0.39, 0.29) is 11.2 Å². The Bertz CT molecular complexity index is 4190. The van der Waals surface area contributed by atoms with Crippen LogP contribution in [0.4, 0.5) is 34.1 Å². The average molecular weight is 968 g/mol. The van der Waals surface area contributed by atoms with Crippen molar-refractivity contribution in [2.45, 2.75) is 26.2 Å². The smallest absolute Gasteiger partial charge is 0.159 e. The quantitative estimate of drug-likeness (QED) is 0.148. The molecule has 5 heteroatoms. The molecule has 13 rings (SSSR count). The largest absolute Gasteiger partial charge is 0.508 e. The van der Waals surface area contributed by atoms with Gasteiger partial charge in [0.2, 0.25) is 0 Å². The molecule has 11 aromatic carbocycles. The van der Waals surface area contributed by atoms with Gasteiger partial charge in [0.1, 0.15) is 11.3 Å². The van der Waals surface area contributed by atoms with E-state index in [4.69, 9.17) is 4.42 Å². The van der Waals surface area contributed by atoms with E-state index in [1.807, 2.05) is 18.2 Å². The summed E-state index contributed by atoms with van der Waals surface area (Å²) in [5, 5.41) is 15.9. The van der Waals surface area contributed by atoms with Crippen LogP contribution in [0.3, 0.4) is 0 Å². The molecule has 0 fully saturated rings. The fourth-order valence-corrected chi connectivity index (χ4v) is 11.0. The number of fused-ring (bicyclic) bond motifs is 6. The number of aromatic hydroxyl groups is 1. The predicted octanol–water partition coefficient (Wildman–Crippen LogP) is 19.6. The number of anilines is 6. The van der Waals surface area contributed by atoms with Gasteiger partial charge in [-0.05, 0) is 112 Å². The molecule has 0 unspecified atom stereocenters. The van der Waals surface area contributed by atoms with Crippen molar-refractivity contribution in [3.05, 3.63) is 266 Å². The molecule has 0 radical (unpaired) electrons. The van der Waals surface area contributed by atoms with Crippen LogP contribution >= 0.6 is 0 Å². The molecular formula is C70H53N3O2. The SMILES string of the molecule is CC(C)(C)c1cc(N(c2cccc(O)c2)c2c(-c3ccccc3)cccc2-c2ccccc2)cc(N(c2cccc(-n3c4ccccc4c4cc(-c5ccccc5)ccc43)c2)c2cccc3c2oc2ccccc23)c1. The number of benzene rings is 11. The maximum Gasteiger partial charge on any atom is 0.159 e. The van der Waals surface area contributed by atoms with Crippen LogP contribution < -0.4 is 9.80 Å². The first-order chi connectivity index (χ1) is 36.7. The normalized spacial score (nSPS) is 11.7. The van der Waals surface area contributed by atoms with Crippen molar-refractivity contribution < 1.29 is 9.52 Å². The molecule has 13 aromatic rings. The summed E-state index contributed by atoms with van der Waals surface area (Å²) < 4.78 is 9.34. The molecule has 2 heterocycles. The number of phenols is 1. The maximum absolute atomic E-state index is 11.4. The number of rotatable bonds is 10. The molecule has 0 bridgehead atoms. The fourth-order valence-electron chi connectivity index (χ4n) is 11.0. The van der Waals surface area contributed by atoms with Crippen molar-refractivity contribution in [1.82, 2.24) is 4.57 Å². The lowest BCUT2D eigenvalue weighted by Gasteiger charge is -2.34. The van der Waals surface area contributed by atoms with Crippen molar-refractivity contribution in [2.24, 2.45) is 0 Å². The van der Waals surface area contributed by atoms with Gasteiger partial charge < -0.3 is 23.9 Å². The fraction of sp³-hybridized carbons (Fsp3) is 0.0571. The number of phenolic OH excluding ortho intramolecular Hbond substituents is 1. The maximum atomic E-state index is 11.4. The zero-order chi connectivity index (χ0) is 50.6. The Hall–Kier alpha value is -9.58. The van der Waals surface area contributed by atoms with E-state index in [1.54, 1.807) is 6.07 Å². The first-order valence-corrected chi connectivity index (χ1v) is 25.6. The Balaban J connectivity index is 1.09. The number of para-hydroxylation sites is 4.